The number of nitrogens with one attached hydrogen (secondary N) is 2. The van der Waals surface area contributed by atoms with Crippen LogP contribution in [-0.2, 0) is 13.1 Å². The fraction of sp³-hybridized carbons (Fsp3) is 0.267. The van der Waals surface area contributed by atoms with Crippen LogP contribution in [0.1, 0.15) is 24.2 Å². The minimum Gasteiger partial charge on any atom is -0.497 e. The van der Waals surface area contributed by atoms with Crippen molar-refractivity contribution in [1.29, 1.82) is 0 Å². The molecular formula is C30H32N4O2+2. The van der Waals surface area contributed by atoms with Crippen molar-refractivity contribution in [3.8, 4) is 11.5 Å². The van der Waals surface area contributed by atoms with Crippen molar-refractivity contribution in [1.82, 2.24) is 9.97 Å². The van der Waals surface area contributed by atoms with E-state index in [1.807, 2.05) is 12.1 Å². The molecule has 0 aliphatic rings. The summed E-state index contributed by atoms with van der Waals surface area (Å²) in [5.41, 5.74) is 7.16. The molecule has 0 saturated carbocycles. The molecule has 6 rings (SSSR count). The van der Waals surface area contributed by atoms with Gasteiger partial charge >= 0.3 is 0 Å². The molecule has 0 aliphatic carbocycles. The highest BCUT2D eigenvalue weighted by molar-refractivity contribution is 6.08. The Bertz CT molecular complexity index is 1620. The fourth-order valence-corrected chi connectivity index (χ4v) is 5.46. The number of aromatic nitrogens is 4. The Morgan fingerprint density at radius 1 is 0.611 bits per heavy atom. The molecule has 0 fully saturated rings. The first-order chi connectivity index (χ1) is 17.6. The standard InChI is InChI=1S/C30H30N4O2/c1-19-29-25(23-9-7-21(35-3)17-27(23)31-29)11-15-33(19)13-5-6-14-34-16-12-26-24-10-8-22(36-4)18-28(24)32-30(26)20(34)2/h7-12,15-18H,5-6,13-14H2,1-4H3/p+2. The fourth-order valence-electron chi connectivity index (χ4n) is 5.46. The summed E-state index contributed by atoms with van der Waals surface area (Å²) >= 11 is 0. The highest BCUT2D eigenvalue weighted by Gasteiger charge is 2.18. The molecule has 182 valence electrons. The number of aryl methyl sites for hydroxylation is 4. The maximum atomic E-state index is 5.40. The molecule has 0 amide bonds. The van der Waals surface area contributed by atoms with E-state index in [1.54, 1.807) is 14.2 Å². The van der Waals surface area contributed by atoms with E-state index in [4.69, 9.17) is 9.47 Å². The largest absolute Gasteiger partial charge is 0.497 e. The van der Waals surface area contributed by atoms with Crippen LogP contribution < -0.4 is 18.6 Å². The molecule has 4 heterocycles. The third-order valence-electron chi connectivity index (χ3n) is 7.57. The van der Waals surface area contributed by atoms with Gasteiger partial charge < -0.3 is 19.4 Å². The van der Waals surface area contributed by atoms with Gasteiger partial charge in [0.2, 0.25) is 11.4 Å². The van der Waals surface area contributed by atoms with Crippen LogP contribution in [0.4, 0.5) is 0 Å². The summed E-state index contributed by atoms with van der Waals surface area (Å²) in [4.78, 5) is 7.21. The predicted octanol–water partition coefficient (Wildman–Crippen LogP) is 5.65. The van der Waals surface area contributed by atoms with Gasteiger partial charge in [-0.2, -0.15) is 0 Å². The van der Waals surface area contributed by atoms with E-state index in [9.17, 15) is 0 Å². The quantitative estimate of drug-likeness (QED) is 0.229. The first kappa shape index (κ1) is 22.4. The third-order valence-corrected chi connectivity index (χ3v) is 7.57. The van der Waals surface area contributed by atoms with E-state index in [0.29, 0.717) is 0 Å². The van der Waals surface area contributed by atoms with Crippen molar-refractivity contribution in [2.75, 3.05) is 14.2 Å². The van der Waals surface area contributed by atoms with Crippen molar-refractivity contribution in [3.05, 3.63) is 72.3 Å². The van der Waals surface area contributed by atoms with Gasteiger partial charge in [-0.15, -0.1) is 0 Å². The van der Waals surface area contributed by atoms with Gasteiger partial charge in [-0.3, -0.25) is 0 Å². The molecule has 0 atom stereocenters. The zero-order valence-corrected chi connectivity index (χ0v) is 21.3. The summed E-state index contributed by atoms with van der Waals surface area (Å²) in [5.74, 6) is 1.75. The van der Waals surface area contributed by atoms with Gasteiger partial charge in [-0.1, -0.05) is 0 Å². The molecule has 6 nitrogen and oxygen atoms in total. The zero-order chi connectivity index (χ0) is 24.8. The first-order valence-corrected chi connectivity index (χ1v) is 12.5. The number of rotatable bonds is 7. The van der Waals surface area contributed by atoms with Crippen molar-refractivity contribution in [3.63, 3.8) is 0 Å². The average molecular weight is 481 g/mol. The number of nitrogens with zero attached hydrogens (tertiary/aromatic N) is 2. The number of hydrogen-bond donors (Lipinski definition) is 2. The SMILES string of the molecule is COc1ccc2c(c1)[nH]c1c(C)[n+](CCCC[n+]3ccc4c([nH]c5cc(OC)ccc54)c3C)ccc12. The minimum absolute atomic E-state index is 0.873. The highest BCUT2D eigenvalue weighted by atomic mass is 16.5. The summed E-state index contributed by atoms with van der Waals surface area (Å²) in [6, 6.07) is 16.9. The van der Waals surface area contributed by atoms with Gasteiger partial charge in [0.05, 0.1) is 25.3 Å². The van der Waals surface area contributed by atoms with Crippen molar-refractivity contribution in [2.45, 2.75) is 39.8 Å². The topological polar surface area (TPSA) is 57.8 Å². The summed E-state index contributed by atoms with van der Waals surface area (Å²) in [5, 5.41) is 4.99. The Labute approximate surface area is 210 Å². The number of unbranched alkanes of at least 4 members (excludes halogenated alkanes) is 1. The van der Waals surface area contributed by atoms with E-state index >= 15 is 0 Å². The number of aromatic amines is 2. The number of fused-ring (bicyclic) bond motifs is 6. The van der Waals surface area contributed by atoms with Gasteiger partial charge in [-0.05, 0) is 24.3 Å². The maximum Gasteiger partial charge on any atom is 0.202 e. The van der Waals surface area contributed by atoms with E-state index in [0.717, 1.165) is 48.5 Å². The van der Waals surface area contributed by atoms with Gasteiger partial charge in [0.1, 0.15) is 35.6 Å². The lowest BCUT2D eigenvalue weighted by Gasteiger charge is -2.03. The lowest BCUT2D eigenvalue weighted by Crippen LogP contribution is -2.39. The maximum absolute atomic E-state index is 5.40. The lowest BCUT2D eigenvalue weighted by molar-refractivity contribution is -0.712. The van der Waals surface area contributed by atoms with Crippen LogP contribution in [0.25, 0.3) is 43.6 Å². The van der Waals surface area contributed by atoms with E-state index in [1.165, 1.54) is 44.0 Å². The monoisotopic (exact) mass is 480 g/mol. The molecule has 2 aromatic carbocycles. The minimum atomic E-state index is 0.873. The molecule has 36 heavy (non-hydrogen) atoms. The third kappa shape index (κ3) is 3.65. The second kappa shape index (κ2) is 8.86. The van der Waals surface area contributed by atoms with Crippen LogP contribution in [0.2, 0.25) is 0 Å². The molecule has 0 aliphatic heterocycles. The molecule has 0 saturated heterocycles. The lowest BCUT2D eigenvalue weighted by atomic mass is 10.1. The number of H-pyrrole nitrogens is 2. The Kier molecular flexibility index (Phi) is 5.52. The zero-order valence-electron chi connectivity index (χ0n) is 21.3. The van der Waals surface area contributed by atoms with Crippen LogP contribution in [0.5, 0.6) is 11.5 Å². The normalized spacial score (nSPS) is 11.8. The van der Waals surface area contributed by atoms with Crippen molar-refractivity contribution >= 4 is 43.6 Å². The summed E-state index contributed by atoms with van der Waals surface area (Å²) < 4.78 is 15.5. The smallest absolute Gasteiger partial charge is 0.202 e. The summed E-state index contributed by atoms with van der Waals surface area (Å²) in [6.45, 7) is 6.39. The van der Waals surface area contributed by atoms with Gasteiger partial charge in [0.25, 0.3) is 0 Å². The van der Waals surface area contributed by atoms with E-state index in [2.05, 4.69) is 81.7 Å². The Morgan fingerprint density at radius 2 is 1.06 bits per heavy atom. The molecule has 0 radical (unpaired) electrons. The van der Waals surface area contributed by atoms with Gasteiger partial charge in [0.15, 0.2) is 12.4 Å². The van der Waals surface area contributed by atoms with Crippen LogP contribution in [0.3, 0.4) is 0 Å². The first-order valence-electron chi connectivity index (χ1n) is 12.5. The van der Waals surface area contributed by atoms with E-state index in [-0.39, 0.29) is 0 Å². The number of ether oxygens (including phenoxy) is 2. The Hall–Kier alpha value is -4.06. The molecule has 4 aromatic heterocycles. The van der Waals surface area contributed by atoms with Gasteiger partial charge in [0, 0.05) is 72.5 Å². The van der Waals surface area contributed by atoms with Crippen molar-refractivity contribution < 1.29 is 18.6 Å². The molecule has 2 N–H and O–H groups in total. The predicted molar refractivity (Wildman–Crippen MR) is 144 cm³/mol. The number of hydrogen-bond acceptors (Lipinski definition) is 2. The average Bonchev–Trinajstić information content (AvgIpc) is 3.47. The molecular weight excluding hydrogens is 448 g/mol. The number of benzene rings is 2. The molecule has 6 aromatic rings. The van der Waals surface area contributed by atoms with Crippen LogP contribution in [-0.4, -0.2) is 24.2 Å². The Balaban J connectivity index is 1.18. The molecule has 0 unspecified atom stereocenters. The number of methoxy groups -OCH3 is 2. The highest BCUT2D eigenvalue weighted by Crippen LogP contribution is 2.30. The number of pyridine rings is 2. The second-order valence-corrected chi connectivity index (χ2v) is 9.55. The summed E-state index contributed by atoms with van der Waals surface area (Å²) in [7, 11) is 3.41. The van der Waals surface area contributed by atoms with Crippen LogP contribution >= 0.6 is 0 Å². The summed E-state index contributed by atoms with van der Waals surface area (Å²) in [6.07, 6.45) is 6.66. The van der Waals surface area contributed by atoms with Crippen LogP contribution in [0.15, 0.2) is 60.9 Å². The van der Waals surface area contributed by atoms with Gasteiger partial charge in [-0.25, -0.2) is 9.13 Å². The molecule has 0 spiro atoms. The van der Waals surface area contributed by atoms with E-state index < -0.39 is 0 Å². The van der Waals surface area contributed by atoms with Crippen molar-refractivity contribution in [2.24, 2.45) is 0 Å². The van der Waals surface area contributed by atoms with Crippen LogP contribution in [0, 0.1) is 13.8 Å². The second-order valence-electron chi connectivity index (χ2n) is 9.55. The molecule has 6 heteroatoms. The Morgan fingerprint density at radius 3 is 1.47 bits per heavy atom. The molecule has 0 bridgehead atoms.